The van der Waals surface area contributed by atoms with Crippen LogP contribution in [0.3, 0.4) is 0 Å². The van der Waals surface area contributed by atoms with Crippen LogP contribution in [0, 0.1) is 10.1 Å². The number of nitrogens with two attached hydrogens (primary N) is 1. The van der Waals surface area contributed by atoms with E-state index < -0.39 is 17.0 Å². The standard InChI is InChI=1S/C18H21N5O4S/c19-18(25)20-13(16-6-3-11-28-16)12-17(24)22-9-7-21(8-10-22)14-4-1-2-5-15(14)23(26)27/h1-6,11,13H,7-10,12H2,(H3,19,20,25). The first kappa shape index (κ1) is 19.6. The zero-order valence-corrected chi connectivity index (χ0v) is 15.9. The number of amides is 3. The summed E-state index contributed by atoms with van der Waals surface area (Å²) in [6.45, 7) is 1.92. The fourth-order valence-corrected chi connectivity index (χ4v) is 4.05. The molecule has 2 aromatic rings. The molecular weight excluding hydrogens is 382 g/mol. The van der Waals surface area contributed by atoms with Crippen molar-refractivity contribution in [1.29, 1.82) is 0 Å². The molecule has 3 rings (SSSR count). The highest BCUT2D eigenvalue weighted by Crippen LogP contribution is 2.29. The number of urea groups is 1. The van der Waals surface area contributed by atoms with Crippen molar-refractivity contribution in [3.63, 3.8) is 0 Å². The summed E-state index contributed by atoms with van der Waals surface area (Å²) in [5, 5.41) is 15.7. The maximum absolute atomic E-state index is 12.7. The molecule has 9 nitrogen and oxygen atoms in total. The number of benzene rings is 1. The Kier molecular flexibility index (Phi) is 6.09. The number of para-hydroxylation sites is 2. The maximum atomic E-state index is 12.7. The monoisotopic (exact) mass is 403 g/mol. The summed E-state index contributed by atoms with van der Waals surface area (Å²) < 4.78 is 0. The molecule has 3 amide bonds. The second-order valence-corrected chi connectivity index (χ2v) is 7.37. The van der Waals surface area contributed by atoms with E-state index in [-0.39, 0.29) is 18.0 Å². The molecule has 3 N–H and O–H groups in total. The third-order valence-electron chi connectivity index (χ3n) is 4.63. The van der Waals surface area contributed by atoms with E-state index in [1.165, 1.54) is 17.4 Å². The lowest BCUT2D eigenvalue weighted by Crippen LogP contribution is -2.49. The number of piperazine rings is 1. The molecule has 1 fully saturated rings. The number of nitro benzene ring substituents is 1. The number of nitrogens with one attached hydrogen (secondary N) is 1. The lowest BCUT2D eigenvalue weighted by Gasteiger charge is -2.36. The molecule has 1 aromatic carbocycles. The first-order chi connectivity index (χ1) is 13.5. The maximum Gasteiger partial charge on any atom is 0.312 e. The van der Waals surface area contributed by atoms with Gasteiger partial charge in [0.15, 0.2) is 0 Å². The molecule has 1 saturated heterocycles. The van der Waals surface area contributed by atoms with Crippen molar-refractivity contribution in [1.82, 2.24) is 10.2 Å². The van der Waals surface area contributed by atoms with Gasteiger partial charge >= 0.3 is 6.03 Å². The van der Waals surface area contributed by atoms with Gasteiger partial charge in [-0.3, -0.25) is 14.9 Å². The quantitative estimate of drug-likeness (QED) is 0.565. The molecule has 1 aliphatic heterocycles. The van der Waals surface area contributed by atoms with Crippen molar-refractivity contribution in [2.45, 2.75) is 12.5 Å². The van der Waals surface area contributed by atoms with E-state index >= 15 is 0 Å². The molecule has 10 heteroatoms. The Hall–Kier alpha value is -3.14. The summed E-state index contributed by atoms with van der Waals surface area (Å²) in [6.07, 6.45) is 0.120. The molecule has 0 saturated carbocycles. The van der Waals surface area contributed by atoms with Crippen molar-refractivity contribution in [3.8, 4) is 0 Å². The topological polar surface area (TPSA) is 122 Å². The largest absolute Gasteiger partial charge is 0.362 e. The van der Waals surface area contributed by atoms with Gasteiger partial charge in [0.2, 0.25) is 5.91 Å². The Bertz CT molecular complexity index is 849. The number of rotatable bonds is 6. The fourth-order valence-electron chi connectivity index (χ4n) is 3.27. The zero-order chi connectivity index (χ0) is 20.1. The van der Waals surface area contributed by atoms with Gasteiger partial charge in [0.1, 0.15) is 5.69 Å². The Labute approximate surface area is 165 Å². The molecule has 28 heavy (non-hydrogen) atoms. The van der Waals surface area contributed by atoms with Crippen LogP contribution in [-0.4, -0.2) is 47.9 Å². The lowest BCUT2D eigenvalue weighted by molar-refractivity contribution is -0.384. The van der Waals surface area contributed by atoms with Gasteiger partial charge in [-0.25, -0.2) is 4.79 Å². The summed E-state index contributed by atoms with van der Waals surface area (Å²) in [7, 11) is 0. The predicted octanol–water partition coefficient (Wildman–Crippen LogP) is 2.10. The van der Waals surface area contributed by atoms with E-state index in [0.29, 0.717) is 31.9 Å². The van der Waals surface area contributed by atoms with Gasteiger partial charge in [-0.15, -0.1) is 11.3 Å². The van der Waals surface area contributed by atoms with E-state index in [4.69, 9.17) is 5.73 Å². The second kappa shape index (κ2) is 8.70. The molecule has 1 unspecified atom stereocenters. The van der Waals surface area contributed by atoms with Crippen molar-refractivity contribution in [2.75, 3.05) is 31.1 Å². The lowest BCUT2D eigenvalue weighted by atomic mass is 10.1. The van der Waals surface area contributed by atoms with Gasteiger partial charge < -0.3 is 20.9 Å². The van der Waals surface area contributed by atoms with E-state index in [0.717, 1.165) is 4.88 Å². The molecule has 1 aliphatic rings. The highest BCUT2D eigenvalue weighted by molar-refractivity contribution is 7.10. The first-order valence-corrected chi connectivity index (χ1v) is 9.69. The Morgan fingerprint density at radius 3 is 2.50 bits per heavy atom. The molecule has 0 spiro atoms. The number of thiophene rings is 1. The number of nitrogens with zero attached hydrogens (tertiary/aromatic N) is 3. The third-order valence-corrected chi connectivity index (χ3v) is 5.62. The minimum absolute atomic E-state index is 0.0608. The summed E-state index contributed by atoms with van der Waals surface area (Å²) in [4.78, 5) is 39.3. The molecule has 1 aromatic heterocycles. The summed E-state index contributed by atoms with van der Waals surface area (Å²) in [5.74, 6) is -0.0886. The number of hydrogen-bond donors (Lipinski definition) is 2. The normalized spacial score (nSPS) is 15.1. The van der Waals surface area contributed by atoms with Crippen molar-refractivity contribution in [3.05, 3.63) is 56.8 Å². The molecule has 0 bridgehead atoms. The molecule has 1 atom stereocenters. The Balaban J connectivity index is 1.62. The van der Waals surface area contributed by atoms with Crippen LogP contribution in [0.5, 0.6) is 0 Å². The number of hydrogen-bond acceptors (Lipinski definition) is 6. The zero-order valence-electron chi connectivity index (χ0n) is 15.1. The van der Waals surface area contributed by atoms with Crippen LogP contribution in [0.2, 0.25) is 0 Å². The summed E-state index contributed by atoms with van der Waals surface area (Å²) in [5.41, 5.74) is 5.87. The van der Waals surface area contributed by atoms with Gasteiger partial charge in [-0.2, -0.15) is 0 Å². The number of carbonyl (C=O) groups is 2. The van der Waals surface area contributed by atoms with Crippen LogP contribution < -0.4 is 16.0 Å². The van der Waals surface area contributed by atoms with Crippen LogP contribution >= 0.6 is 11.3 Å². The van der Waals surface area contributed by atoms with Gasteiger partial charge in [0.05, 0.1) is 17.4 Å². The molecule has 2 heterocycles. The van der Waals surface area contributed by atoms with Gasteiger partial charge in [0, 0.05) is 37.1 Å². The van der Waals surface area contributed by atoms with Crippen LogP contribution in [-0.2, 0) is 4.79 Å². The number of carbonyl (C=O) groups excluding carboxylic acids is 2. The average molecular weight is 403 g/mol. The number of nitro groups is 1. The van der Waals surface area contributed by atoms with Crippen molar-refractivity contribution < 1.29 is 14.5 Å². The van der Waals surface area contributed by atoms with Crippen LogP contribution in [0.1, 0.15) is 17.3 Å². The van der Waals surface area contributed by atoms with Gasteiger partial charge in [-0.05, 0) is 17.5 Å². The first-order valence-electron chi connectivity index (χ1n) is 8.81. The van der Waals surface area contributed by atoms with Crippen molar-refractivity contribution in [2.24, 2.45) is 5.73 Å². The number of primary amides is 1. The third kappa shape index (κ3) is 4.58. The second-order valence-electron chi connectivity index (χ2n) is 6.39. The Morgan fingerprint density at radius 1 is 1.18 bits per heavy atom. The highest BCUT2D eigenvalue weighted by atomic mass is 32.1. The minimum Gasteiger partial charge on any atom is -0.362 e. The fraction of sp³-hybridized carbons (Fsp3) is 0.333. The van der Waals surface area contributed by atoms with Crippen molar-refractivity contribution >= 4 is 34.6 Å². The molecule has 0 radical (unpaired) electrons. The van der Waals surface area contributed by atoms with E-state index in [9.17, 15) is 19.7 Å². The predicted molar refractivity (Wildman–Crippen MR) is 106 cm³/mol. The van der Waals surface area contributed by atoms with Crippen LogP contribution in [0.4, 0.5) is 16.2 Å². The van der Waals surface area contributed by atoms with Crippen LogP contribution in [0.15, 0.2) is 41.8 Å². The summed E-state index contributed by atoms with van der Waals surface area (Å²) >= 11 is 1.45. The van der Waals surface area contributed by atoms with Crippen LogP contribution in [0.25, 0.3) is 0 Å². The summed E-state index contributed by atoms with van der Waals surface area (Å²) in [6, 6.07) is 9.17. The smallest absolute Gasteiger partial charge is 0.312 e. The molecular formula is C18H21N5O4S. The van der Waals surface area contributed by atoms with E-state index in [1.807, 2.05) is 22.4 Å². The Morgan fingerprint density at radius 2 is 1.89 bits per heavy atom. The molecule has 0 aliphatic carbocycles. The van der Waals surface area contributed by atoms with E-state index in [1.54, 1.807) is 23.1 Å². The number of anilines is 1. The van der Waals surface area contributed by atoms with Gasteiger partial charge in [-0.1, -0.05) is 18.2 Å². The highest BCUT2D eigenvalue weighted by Gasteiger charge is 2.27. The molecule has 148 valence electrons. The minimum atomic E-state index is -0.674. The van der Waals surface area contributed by atoms with Gasteiger partial charge in [0.25, 0.3) is 5.69 Å². The van der Waals surface area contributed by atoms with E-state index in [2.05, 4.69) is 5.32 Å². The SMILES string of the molecule is NC(=O)NC(CC(=O)N1CCN(c2ccccc2[N+](=O)[O-])CC1)c1cccs1. The average Bonchev–Trinajstić information content (AvgIpc) is 3.22.